The van der Waals surface area contributed by atoms with Gasteiger partial charge in [-0.15, -0.1) is 0 Å². The summed E-state index contributed by atoms with van der Waals surface area (Å²) < 4.78 is 47.8. The van der Waals surface area contributed by atoms with Crippen LogP contribution in [0.2, 0.25) is 0 Å². The van der Waals surface area contributed by atoms with Gasteiger partial charge < -0.3 is 5.73 Å². The molecule has 2 aromatic carbocycles. The van der Waals surface area contributed by atoms with Crippen LogP contribution in [0.15, 0.2) is 52.3 Å². The van der Waals surface area contributed by atoms with Crippen molar-refractivity contribution < 1.29 is 26.4 Å². The fourth-order valence-electron chi connectivity index (χ4n) is 4.30. The Balaban J connectivity index is 2.06. The Morgan fingerprint density at radius 1 is 1.00 bits per heavy atom. The van der Waals surface area contributed by atoms with E-state index in [1.54, 1.807) is 9.80 Å². The summed E-state index contributed by atoms with van der Waals surface area (Å²) in [4.78, 5) is 26.9. The first-order valence-corrected chi connectivity index (χ1v) is 12.9. The van der Waals surface area contributed by atoms with Crippen molar-refractivity contribution in [1.82, 2.24) is 9.80 Å². The summed E-state index contributed by atoms with van der Waals surface area (Å²) in [6.07, 6.45) is 0.517. The van der Waals surface area contributed by atoms with Crippen LogP contribution in [0.3, 0.4) is 0 Å². The lowest BCUT2D eigenvalue weighted by atomic mass is 9.87. The third kappa shape index (κ3) is 3.88. The van der Waals surface area contributed by atoms with Crippen LogP contribution in [-0.4, -0.2) is 64.0 Å². The molecular weight excluding hydrogens is 484 g/mol. The van der Waals surface area contributed by atoms with Crippen LogP contribution in [0.25, 0.3) is 0 Å². The smallest absolute Gasteiger partial charge is 0.238 e. The van der Waals surface area contributed by atoms with Crippen molar-refractivity contribution >= 4 is 32.2 Å². The summed E-state index contributed by atoms with van der Waals surface area (Å²) in [6.45, 7) is 0.381. The second kappa shape index (κ2) is 7.94. The molecule has 2 aliphatic rings. The molecule has 2 aromatic rings. The second-order valence-electron chi connectivity index (χ2n) is 8.02. The topological polar surface area (TPSA) is 210 Å². The predicted octanol–water partition coefficient (Wildman–Crippen LogP) is -1.63. The van der Waals surface area contributed by atoms with Gasteiger partial charge in [-0.1, -0.05) is 12.1 Å². The summed E-state index contributed by atoms with van der Waals surface area (Å²) in [5, 5.41) is 20.1. The van der Waals surface area contributed by atoms with Crippen LogP contribution in [0, 0.1) is 11.3 Å². The van der Waals surface area contributed by atoms with E-state index in [2.05, 4.69) is 6.07 Å². The largest absolute Gasteiger partial charge is 0.368 e. The zero-order valence-corrected chi connectivity index (χ0v) is 19.2. The SMILES string of the molecule is N#CC1CN1C(c1ccc(S(N)(=O)=O)cc1)(c1cc(S(N)(=O)=O)ccc1C=O)N1CC1C(N)=O. The summed E-state index contributed by atoms with van der Waals surface area (Å²) in [6, 6.07) is 9.73. The van der Waals surface area contributed by atoms with E-state index in [-0.39, 0.29) is 34.0 Å². The van der Waals surface area contributed by atoms with Gasteiger partial charge in [-0.2, -0.15) is 5.26 Å². The van der Waals surface area contributed by atoms with E-state index in [0.717, 1.165) is 0 Å². The van der Waals surface area contributed by atoms with Gasteiger partial charge in [-0.25, -0.2) is 27.1 Å². The van der Waals surface area contributed by atoms with Crippen LogP contribution in [0.1, 0.15) is 21.5 Å². The number of hydrogen-bond acceptors (Lipinski definition) is 9. The lowest BCUT2D eigenvalue weighted by molar-refractivity contribution is -0.119. The molecule has 0 radical (unpaired) electrons. The maximum Gasteiger partial charge on any atom is 0.238 e. The molecule has 2 heterocycles. The second-order valence-corrected chi connectivity index (χ2v) is 11.1. The van der Waals surface area contributed by atoms with E-state index in [4.69, 9.17) is 16.0 Å². The highest BCUT2D eigenvalue weighted by Crippen LogP contribution is 2.51. The molecule has 5 atom stereocenters. The van der Waals surface area contributed by atoms with Crippen LogP contribution in [0.4, 0.5) is 0 Å². The molecule has 34 heavy (non-hydrogen) atoms. The van der Waals surface area contributed by atoms with Crippen LogP contribution < -0.4 is 16.0 Å². The highest BCUT2D eigenvalue weighted by atomic mass is 32.2. The number of nitriles is 1. The minimum Gasteiger partial charge on any atom is -0.368 e. The Labute approximate surface area is 195 Å². The maximum atomic E-state index is 12.1. The number of sulfonamides is 2. The Bertz CT molecular complexity index is 1450. The molecule has 14 heteroatoms. The van der Waals surface area contributed by atoms with E-state index in [9.17, 15) is 31.7 Å². The molecule has 2 saturated heterocycles. The molecule has 2 fully saturated rings. The van der Waals surface area contributed by atoms with Gasteiger partial charge in [0.05, 0.1) is 15.9 Å². The van der Waals surface area contributed by atoms with Crippen LogP contribution in [-0.2, 0) is 30.5 Å². The zero-order valence-electron chi connectivity index (χ0n) is 17.5. The monoisotopic (exact) mass is 504 g/mol. The minimum absolute atomic E-state index is 0.0848. The van der Waals surface area contributed by atoms with Crippen molar-refractivity contribution in [2.45, 2.75) is 27.5 Å². The summed E-state index contributed by atoms with van der Waals surface area (Å²) in [5.41, 5.74) is 4.65. The van der Waals surface area contributed by atoms with Gasteiger partial charge in [-0.3, -0.25) is 19.4 Å². The summed E-state index contributed by atoms with van der Waals surface area (Å²) in [7, 11) is -8.21. The lowest BCUT2D eigenvalue weighted by Crippen LogP contribution is -2.48. The number of nitrogens with zero attached hydrogens (tertiary/aromatic N) is 3. The first-order valence-electron chi connectivity index (χ1n) is 9.84. The van der Waals surface area contributed by atoms with Gasteiger partial charge in [0.1, 0.15) is 24.0 Å². The molecule has 0 bridgehead atoms. The molecule has 4 rings (SSSR count). The molecule has 5 unspecified atom stereocenters. The Morgan fingerprint density at radius 3 is 2.03 bits per heavy atom. The first kappa shape index (κ1) is 24.0. The third-order valence-electron chi connectivity index (χ3n) is 5.97. The van der Waals surface area contributed by atoms with Crippen molar-refractivity contribution in [2.75, 3.05) is 13.1 Å². The van der Waals surface area contributed by atoms with E-state index in [1.165, 1.54) is 42.5 Å². The number of benzene rings is 2. The Hall–Kier alpha value is -3.19. The molecule has 12 nitrogen and oxygen atoms in total. The average Bonchev–Trinajstić information content (AvgIpc) is 3.68. The molecule has 6 N–H and O–H groups in total. The Morgan fingerprint density at radius 2 is 1.59 bits per heavy atom. The molecule has 0 aromatic heterocycles. The number of aldehydes is 1. The number of carbonyl (C=O) groups excluding carboxylic acids is 2. The molecule has 1 amide bonds. The van der Waals surface area contributed by atoms with E-state index in [1.807, 2.05) is 0 Å². The standard InChI is InChI=1S/C20H20N6O6S2/c21-8-14-9-25(14)20(26-10-18(26)19(22)28,13-2-5-15(6-3-13)33(23,29)30)17-7-16(34(24,31)32)4-1-12(17)11-27/h1-7,11,14,18H,9-10H2,(H2,22,28)(H2,23,29,30)(H2,24,31,32). The number of hydrogen-bond donors (Lipinski definition) is 3. The molecule has 0 aliphatic carbocycles. The molecular formula is C20H20N6O6S2. The normalized spacial score (nSPS) is 25.6. The fourth-order valence-corrected chi connectivity index (χ4v) is 5.36. The van der Waals surface area contributed by atoms with Gasteiger partial charge >= 0.3 is 0 Å². The number of carbonyl (C=O) groups is 2. The van der Waals surface area contributed by atoms with E-state index < -0.39 is 43.7 Å². The third-order valence-corrected chi connectivity index (χ3v) is 7.81. The summed E-state index contributed by atoms with van der Waals surface area (Å²) in [5.74, 6) is -0.656. The average molecular weight is 505 g/mol. The van der Waals surface area contributed by atoms with Gasteiger partial charge in [0.15, 0.2) is 0 Å². The van der Waals surface area contributed by atoms with E-state index in [0.29, 0.717) is 11.8 Å². The highest BCUT2D eigenvalue weighted by molar-refractivity contribution is 7.89. The minimum atomic E-state index is -4.18. The van der Waals surface area contributed by atoms with Gasteiger partial charge in [0, 0.05) is 24.2 Å². The van der Waals surface area contributed by atoms with Crippen LogP contribution >= 0.6 is 0 Å². The van der Waals surface area contributed by atoms with Gasteiger partial charge in [-0.05, 0) is 35.9 Å². The number of primary amides is 1. The number of rotatable bonds is 8. The number of nitrogens with two attached hydrogens (primary N) is 3. The van der Waals surface area contributed by atoms with Crippen molar-refractivity contribution in [3.05, 3.63) is 59.2 Å². The first-order chi connectivity index (χ1) is 15.8. The van der Waals surface area contributed by atoms with Crippen molar-refractivity contribution in [3.63, 3.8) is 0 Å². The maximum absolute atomic E-state index is 12.1. The Kier molecular flexibility index (Phi) is 5.60. The van der Waals surface area contributed by atoms with Gasteiger partial charge in [0.25, 0.3) is 0 Å². The highest BCUT2D eigenvalue weighted by Gasteiger charge is 2.63. The molecule has 0 spiro atoms. The number of amides is 1. The molecule has 2 aliphatic heterocycles. The van der Waals surface area contributed by atoms with Crippen molar-refractivity contribution in [2.24, 2.45) is 16.0 Å². The fraction of sp³-hybridized carbons (Fsp3) is 0.250. The quantitative estimate of drug-likeness (QED) is 0.278. The predicted molar refractivity (Wildman–Crippen MR) is 118 cm³/mol. The zero-order chi connectivity index (χ0) is 25.1. The summed E-state index contributed by atoms with van der Waals surface area (Å²) >= 11 is 0. The van der Waals surface area contributed by atoms with Crippen LogP contribution in [0.5, 0.6) is 0 Å². The van der Waals surface area contributed by atoms with Gasteiger partial charge in [0.2, 0.25) is 26.0 Å². The molecule has 178 valence electrons. The van der Waals surface area contributed by atoms with E-state index >= 15 is 0 Å². The van der Waals surface area contributed by atoms with Crippen molar-refractivity contribution in [3.8, 4) is 6.07 Å². The van der Waals surface area contributed by atoms with Crippen molar-refractivity contribution in [1.29, 1.82) is 5.26 Å². The molecule has 0 saturated carbocycles. The number of primary sulfonamides is 2. The lowest BCUT2D eigenvalue weighted by Gasteiger charge is -2.40.